The summed E-state index contributed by atoms with van der Waals surface area (Å²) in [5.74, 6) is -0.321. The number of aromatic amines is 1. The van der Waals surface area contributed by atoms with Crippen LogP contribution >= 0.6 is 34.5 Å². The predicted molar refractivity (Wildman–Crippen MR) is 126 cm³/mol. The lowest BCUT2D eigenvalue weighted by molar-refractivity contribution is 0.102. The lowest BCUT2D eigenvalue weighted by Gasteiger charge is -2.06. The van der Waals surface area contributed by atoms with Crippen molar-refractivity contribution in [2.75, 3.05) is 10.0 Å². The molecule has 1 amide bonds. The Morgan fingerprint density at radius 1 is 1.13 bits per heavy atom. The number of halogens is 2. The normalized spacial score (nSPS) is 11.5. The van der Waals surface area contributed by atoms with E-state index in [1.54, 1.807) is 54.0 Å². The van der Waals surface area contributed by atoms with Crippen LogP contribution in [0.2, 0.25) is 10.0 Å². The minimum absolute atomic E-state index is 0.321. The van der Waals surface area contributed by atoms with E-state index in [1.165, 1.54) is 11.3 Å². The number of benzene rings is 2. The summed E-state index contributed by atoms with van der Waals surface area (Å²) in [4.78, 5) is 20.1. The number of aromatic nitrogens is 2. The van der Waals surface area contributed by atoms with Gasteiger partial charge in [0.05, 0.1) is 15.4 Å². The largest absolute Gasteiger partial charge is 0.349 e. The summed E-state index contributed by atoms with van der Waals surface area (Å²) in [6, 6.07) is 11.7. The van der Waals surface area contributed by atoms with E-state index < -0.39 is 11.0 Å². The van der Waals surface area contributed by atoms with Crippen LogP contribution in [0.25, 0.3) is 10.9 Å². The van der Waals surface area contributed by atoms with Crippen molar-refractivity contribution in [3.63, 3.8) is 0 Å². The Labute approximate surface area is 190 Å². The van der Waals surface area contributed by atoms with E-state index in [9.17, 15) is 9.00 Å². The number of rotatable bonds is 5. The van der Waals surface area contributed by atoms with Gasteiger partial charge < -0.3 is 10.3 Å². The molecule has 10 heteroatoms. The molecule has 0 spiro atoms. The van der Waals surface area contributed by atoms with Crippen molar-refractivity contribution in [2.24, 2.45) is 0 Å². The molecule has 0 fully saturated rings. The number of H-pyrrole nitrogens is 1. The van der Waals surface area contributed by atoms with E-state index in [1.807, 2.05) is 13.8 Å². The predicted octanol–water partition coefficient (Wildman–Crippen LogP) is 6.34. The van der Waals surface area contributed by atoms with E-state index >= 15 is 0 Å². The molecule has 30 heavy (non-hydrogen) atoms. The van der Waals surface area contributed by atoms with Crippen LogP contribution < -0.4 is 10.0 Å². The van der Waals surface area contributed by atoms with Gasteiger partial charge in [0.2, 0.25) is 0 Å². The Morgan fingerprint density at radius 3 is 2.53 bits per heavy atom. The van der Waals surface area contributed by atoms with Gasteiger partial charge in [0.25, 0.3) is 5.91 Å². The van der Waals surface area contributed by atoms with Gasteiger partial charge in [0.1, 0.15) is 5.69 Å². The molecule has 2 aromatic heterocycles. The highest BCUT2D eigenvalue weighted by Crippen LogP contribution is 2.28. The maximum absolute atomic E-state index is 12.5. The molecule has 4 rings (SSSR count). The van der Waals surface area contributed by atoms with Gasteiger partial charge in [-0.25, -0.2) is 9.19 Å². The van der Waals surface area contributed by atoms with Crippen molar-refractivity contribution in [2.45, 2.75) is 18.7 Å². The lowest BCUT2D eigenvalue weighted by Crippen LogP contribution is -2.12. The van der Waals surface area contributed by atoms with E-state index in [2.05, 4.69) is 20.0 Å². The first kappa shape index (κ1) is 22.3. The fourth-order valence-corrected chi connectivity index (χ4v) is 4.62. The molecule has 3 N–H and O–H groups in total. The number of hydrogen-bond acceptors (Lipinski definition) is 4. The maximum atomic E-state index is 12.5. The number of thiazole rings is 1. The highest BCUT2D eigenvalue weighted by atomic mass is 35.5. The zero-order chi connectivity index (χ0) is 21.7. The number of fused-ring (bicyclic) bond motifs is 1. The van der Waals surface area contributed by atoms with Crippen molar-refractivity contribution in [3.05, 3.63) is 69.8 Å². The number of carbonyl (C=O) groups is 1. The molecule has 1 atom stereocenters. The second-order valence-electron chi connectivity index (χ2n) is 5.72. The zero-order valence-corrected chi connectivity index (χ0v) is 19.2. The summed E-state index contributed by atoms with van der Waals surface area (Å²) in [6.45, 7) is 4.00. The minimum Gasteiger partial charge on any atom is -0.349 e. The van der Waals surface area contributed by atoms with Crippen molar-refractivity contribution in [3.8, 4) is 0 Å². The molecule has 1 unspecified atom stereocenters. The number of hydrogen-bond donors (Lipinski definition) is 3. The number of anilines is 2. The van der Waals surface area contributed by atoms with E-state index in [-0.39, 0.29) is 5.91 Å². The van der Waals surface area contributed by atoms with Gasteiger partial charge >= 0.3 is 0 Å². The first-order valence-corrected chi connectivity index (χ1v) is 11.8. The van der Waals surface area contributed by atoms with Gasteiger partial charge in [0, 0.05) is 27.7 Å². The summed E-state index contributed by atoms with van der Waals surface area (Å²) < 4.78 is 15.1. The number of nitrogens with one attached hydrogen (secondary N) is 3. The van der Waals surface area contributed by atoms with E-state index in [0.717, 1.165) is 5.39 Å². The van der Waals surface area contributed by atoms with E-state index in [4.69, 9.17) is 23.2 Å². The van der Waals surface area contributed by atoms with Crippen molar-refractivity contribution in [1.82, 2.24) is 9.97 Å². The monoisotopic (exact) mass is 480 g/mol. The molecule has 0 aliphatic rings. The molecule has 156 valence electrons. The van der Waals surface area contributed by atoms with Crippen LogP contribution in [0.5, 0.6) is 0 Å². The van der Waals surface area contributed by atoms with Crippen LogP contribution in [-0.2, 0) is 11.0 Å². The molecule has 0 saturated carbocycles. The Morgan fingerprint density at radius 2 is 1.87 bits per heavy atom. The number of nitrogens with zero attached hydrogens (tertiary/aromatic N) is 1. The van der Waals surface area contributed by atoms with Crippen LogP contribution in [0.1, 0.15) is 24.3 Å². The van der Waals surface area contributed by atoms with Gasteiger partial charge in [-0.1, -0.05) is 37.0 Å². The average molecular weight is 481 g/mol. The number of carbonyl (C=O) groups excluding carboxylic acids is 1. The van der Waals surface area contributed by atoms with Crippen molar-refractivity contribution < 1.29 is 9.00 Å². The molecule has 0 radical (unpaired) electrons. The standard InChI is InChI=1S/C18H12Cl2N4O2S2.C2H6/c19-11-7-10-8-15(23-16(10)14(20)9-11)17(25)22-12-1-3-13(4-2-12)28(26)24-18-21-5-6-27-18;1-2/h1-9,23H,(H,21,24)(H,22,25);1-2H3. The third-order valence-corrected chi connectivity index (χ3v) is 6.24. The average Bonchev–Trinajstić information content (AvgIpc) is 3.40. The van der Waals surface area contributed by atoms with Crippen LogP contribution in [0, 0.1) is 0 Å². The van der Waals surface area contributed by atoms with Crippen molar-refractivity contribution in [1.29, 1.82) is 0 Å². The first-order chi connectivity index (χ1) is 14.5. The molecule has 2 aromatic carbocycles. The fourth-order valence-electron chi connectivity index (χ4n) is 2.56. The van der Waals surface area contributed by atoms with Crippen LogP contribution in [0.4, 0.5) is 10.8 Å². The Kier molecular flexibility index (Phi) is 7.49. The summed E-state index contributed by atoms with van der Waals surface area (Å²) >= 11 is 13.5. The zero-order valence-electron chi connectivity index (χ0n) is 16.0. The van der Waals surface area contributed by atoms with Gasteiger partial charge in [-0.05, 0) is 42.5 Å². The van der Waals surface area contributed by atoms with Crippen LogP contribution in [0.3, 0.4) is 0 Å². The van der Waals surface area contributed by atoms with Gasteiger partial charge in [-0.2, -0.15) is 0 Å². The smallest absolute Gasteiger partial charge is 0.272 e. The quantitative estimate of drug-likeness (QED) is 0.311. The first-order valence-electron chi connectivity index (χ1n) is 8.97. The van der Waals surface area contributed by atoms with Crippen molar-refractivity contribution >= 4 is 73.2 Å². The molecule has 6 nitrogen and oxygen atoms in total. The Hall–Kier alpha value is -2.39. The van der Waals surface area contributed by atoms with E-state index in [0.29, 0.717) is 37.0 Å². The van der Waals surface area contributed by atoms with Gasteiger partial charge in [0.15, 0.2) is 16.1 Å². The highest BCUT2D eigenvalue weighted by molar-refractivity contribution is 7.86. The summed E-state index contributed by atoms with van der Waals surface area (Å²) in [5, 5.41) is 6.86. The third-order valence-electron chi connectivity index (χ3n) is 3.83. The summed E-state index contributed by atoms with van der Waals surface area (Å²) in [7, 11) is -1.43. The highest BCUT2D eigenvalue weighted by Gasteiger charge is 2.13. The molecule has 4 aromatic rings. The van der Waals surface area contributed by atoms with Gasteiger partial charge in [-0.15, -0.1) is 11.3 Å². The number of amides is 1. The molecule has 2 heterocycles. The second-order valence-corrected chi connectivity index (χ2v) is 8.67. The molecule has 0 aliphatic heterocycles. The summed E-state index contributed by atoms with van der Waals surface area (Å²) in [6.07, 6.45) is 1.63. The summed E-state index contributed by atoms with van der Waals surface area (Å²) in [5.41, 5.74) is 1.58. The lowest BCUT2D eigenvalue weighted by atomic mass is 10.2. The third kappa shape index (κ3) is 5.20. The Bertz CT molecular complexity index is 1180. The SMILES string of the molecule is CC.O=C(Nc1ccc(S(=O)Nc2nccs2)cc1)c1cc2cc(Cl)cc(Cl)c2[nH]1. The topological polar surface area (TPSA) is 86.9 Å². The van der Waals surface area contributed by atoms with Crippen LogP contribution in [0.15, 0.2) is 58.9 Å². The molecular formula is C20H18Cl2N4O2S2. The van der Waals surface area contributed by atoms with Gasteiger partial charge in [-0.3, -0.25) is 9.52 Å². The fraction of sp³-hybridized carbons (Fsp3) is 0.100. The second kappa shape index (κ2) is 10.1. The Balaban J connectivity index is 0.00000124. The molecular weight excluding hydrogens is 463 g/mol. The van der Waals surface area contributed by atoms with Crippen LogP contribution in [-0.4, -0.2) is 20.1 Å². The maximum Gasteiger partial charge on any atom is 0.272 e. The minimum atomic E-state index is -1.43. The molecule has 0 saturated heterocycles. The molecule has 0 aliphatic carbocycles. The molecule has 0 bridgehead atoms.